The smallest absolute Gasteiger partial charge is 0.269 e. The van der Waals surface area contributed by atoms with Crippen LogP contribution in [0, 0.1) is 10.1 Å². The molecule has 0 atom stereocenters. The molecule has 0 fully saturated rings. The molecule has 0 heterocycles. The zero-order valence-corrected chi connectivity index (χ0v) is 15.1. The number of nitro groups is 1. The van der Waals surface area contributed by atoms with Gasteiger partial charge in [0.05, 0.1) is 23.5 Å². The third kappa shape index (κ3) is 6.56. The monoisotopic (exact) mass is 373 g/mol. The quantitative estimate of drug-likeness (QED) is 0.413. The van der Waals surface area contributed by atoms with E-state index in [0.717, 1.165) is 16.9 Å². The number of ether oxygens (including phenoxy) is 1. The van der Waals surface area contributed by atoms with Crippen molar-refractivity contribution in [3.63, 3.8) is 0 Å². The van der Waals surface area contributed by atoms with E-state index in [1.165, 1.54) is 23.9 Å². The lowest BCUT2D eigenvalue weighted by Crippen LogP contribution is -2.19. The van der Waals surface area contributed by atoms with Crippen LogP contribution in [0.1, 0.15) is 18.1 Å². The minimum absolute atomic E-state index is 0.0557. The average Bonchev–Trinajstić information content (AvgIpc) is 2.64. The van der Waals surface area contributed by atoms with Crippen LogP contribution in [0.25, 0.3) is 0 Å². The van der Waals surface area contributed by atoms with Gasteiger partial charge in [0.25, 0.3) is 5.69 Å². The van der Waals surface area contributed by atoms with Crippen LogP contribution in [0.2, 0.25) is 0 Å². The first-order chi connectivity index (χ1) is 12.6. The molecule has 1 N–H and O–H groups in total. The number of carbonyl (C=O) groups excluding carboxylic acids is 1. The van der Waals surface area contributed by atoms with Gasteiger partial charge in [0.15, 0.2) is 0 Å². The van der Waals surface area contributed by atoms with Gasteiger partial charge >= 0.3 is 0 Å². The number of nitro benzene ring substituents is 1. The number of thioether (sulfide) groups is 1. The maximum absolute atomic E-state index is 11.8. The van der Waals surface area contributed by atoms with Gasteiger partial charge in [-0.1, -0.05) is 12.1 Å². The summed E-state index contributed by atoms with van der Waals surface area (Å²) in [7, 11) is 0. The van der Waals surface area contributed by atoms with E-state index >= 15 is 0 Å². The number of amides is 1. The fraction of sp³-hybridized carbons (Fsp3) is 0.222. The van der Waals surface area contributed by atoms with E-state index in [9.17, 15) is 14.9 Å². The molecule has 136 valence electrons. The molecule has 26 heavy (non-hydrogen) atoms. The van der Waals surface area contributed by atoms with Gasteiger partial charge in [-0.05, 0) is 42.3 Å². The number of carbonyl (C=O) groups is 1. The second-order valence-corrected chi connectivity index (χ2v) is 6.20. The highest BCUT2D eigenvalue weighted by molar-refractivity contribution is 7.99. The lowest BCUT2D eigenvalue weighted by Gasteiger charge is -2.03. The molecule has 0 saturated carbocycles. The van der Waals surface area contributed by atoms with Crippen LogP contribution in [0.3, 0.4) is 0 Å². The molecule has 2 aromatic rings. The van der Waals surface area contributed by atoms with Crippen LogP contribution in [0.15, 0.2) is 53.6 Å². The zero-order valence-electron chi connectivity index (χ0n) is 14.3. The largest absolute Gasteiger partial charge is 0.494 e. The molecule has 0 spiro atoms. The van der Waals surface area contributed by atoms with Gasteiger partial charge in [0.2, 0.25) is 5.91 Å². The van der Waals surface area contributed by atoms with Crippen LogP contribution in [-0.4, -0.2) is 29.4 Å². The van der Waals surface area contributed by atoms with Crippen molar-refractivity contribution in [2.24, 2.45) is 5.10 Å². The topological polar surface area (TPSA) is 93.8 Å². The predicted molar refractivity (Wildman–Crippen MR) is 103 cm³/mol. The van der Waals surface area contributed by atoms with Crippen LogP contribution >= 0.6 is 11.8 Å². The third-order valence-corrected chi connectivity index (χ3v) is 4.25. The van der Waals surface area contributed by atoms with Crippen molar-refractivity contribution in [2.45, 2.75) is 12.7 Å². The highest BCUT2D eigenvalue weighted by Crippen LogP contribution is 2.16. The van der Waals surface area contributed by atoms with Gasteiger partial charge < -0.3 is 4.74 Å². The van der Waals surface area contributed by atoms with Crippen LogP contribution in [0.5, 0.6) is 5.75 Å². The Kier molecular flexibility index (Phi) is 7.63. The number of rotatable bonds is 9. The average molecular weight is 373 g/mol. The Morgan fingerprint density at radius 2 is 1.92 bits per heavy atom. The molecule has 0 aromatic heterocycles. The first-order valence-electron chi connectivity index (χ1n) is 7.94. The Hall–Kier alpha value is -2.87. The lowest BCUT2D eigenvalue weighted by molar-refractivity contribution is -0.384. The summed E-state index contributed by atoms with van der Waals surface area (Å²) in [6.45, 7) is 2.53. The number of nitrogens with zero attached hydrogens (tertiary/aromatic N) is 2. The number of nitrogens with one attached hydrogen (secondary N) is 1. The van der Waals surface area contributed by atoms with Crippen molar-refractivity contribution < 1.29 is 14.5 Å². The van der Waals surface area contributed by atoms with E-state index in [0.29, 0.717) is 12.4 Å². The Bertz CT molecular complexity index is 761. The molecule has 0 bridgehead atoms. The number of hydrazone groups is 1. The Morgan fingerprint density at radius 1 is 1.23 bits per heavy atom. The molecular formula is C18H19N3O4S. The summed E-state index contributed by atoms with van der Waals surface area (Å²) in [5, 5.41) is 14.5. The zero-order chi connectivity index (χ0) is 18.8. The first-order valence-corrected chi connectivity index (χ1v) is 9.10. The molecule has 2 rings (SSSR count). The molecule has 8 heteroatoms. The summed E-state index contributed by atoms with van der Waals surface area (Å²) in [6.07, 6.45) is 1.56. The van der Waals surface area contributed by atoms with Gasteiger partial charge in [-0.3, -0.25) is 14.9 Å². The maximum Gasteiger partial charge on any atom is 0.269 e. The summed E-state index contributed by atoms with van der Waals surface area (Å²) in [5.74, 6) is 1.42. The molecule has 0 aliphatic carbocycles. The Morgan fingerprint density at radius 3 is 2.54 bits per heavy atom. The molecular weight excluding hydrogens is 354 g/mol. The summed E-state index contributed by atoms with van der Waals surface area (Å²) in [4.78, 5) is 21.9. The SMILES string of the molecule is CCOc1ccc(/C=N\NC(=O)CSCc2ccc([N+](=O)[O-])cc2)cc1. The van der Waals surface area contributed by atoms with Crippen molar-refractivity contribution in [1.82, 2.24) is 5.43 Å². The second kappa shape index (κ2) is 10.2. The Balaban J connectivity index is 1.70. The van der Waals surface area contributed by atoms with E-state index in [1.54, 1.807) is 18.3 Å². The van der Waals surface area contributed by atoms with Crippen molar-refractivity contribution in [3.05, 3.63) is 69.8 Å². The minimum Gasteiger partial charge on any atom is -0.494 e. The summed E-state index contributed by atoms with van der Waals surface area (Å²) >= 11 is 1.41. The van der Waals surface area contributed by atoms with E-state index in [1.807, 2.05) is 31.2 Å². The standard InChI is InChI=1S/C18H19N3O4S/c1-2-25-17-9-5-14(6-10-17)11-19-20-18(22)13-26-12-15-3-7-16(8-4-15)21(23)24/h3-11H,2,12-13H2,1H3,(H,20,22)/b19-11-. The van der Waals surface area contributed by atoms with E-state index < -0.39 is 4.92 Å². The highest BCUT2D eigenvalue weighted by atomic mass is 32.2. The fourth-order valence-electron chi connectivity index (χ4n) is 2.00. The van der Waals surface area contributed by atoms with Crippen molar-refractivity contribution >= 4 is 29.6 Å². The maximum atomic E-state index is 11.8. The van der Waals surface area contributed by atoms with Gasteiger partial charge in [-0.25, -0.2) is 5.43 Å². The van der Waals surface area contributed by atoms with Crippen molar-refractivity contribution in [3.8, 4) is 5.75 Å². The molecule has 1 amide bonds. The molecule has 0 saturated heterocycles. The Labute approximate surface area is 155 Å². The van der Waals surface area contributed by atoms with Crippen molar-refractivity contribution in [2.75, 3.05) is 12.4 Å². The summed E-state index contributed by atoms with van der Waals surface area (Å²) in [5.41, 5.74) is 4.30. The lowest BCUT2D eigenvalue weighted by atomic mass is 10.2. The minimum atomic E-state index is -0.438. The van der Waals surface area contributed by atoms with Crippen LogP contribution < -0.4 is 10.2 Å². The number of hydrogen-bond donors (Lipinski definition) is 1. The summed E-state index contributed by atoms with van der Waals surface area (Å²) < 4.78 is 5.35. The van der Waals surface area contributed by atoms with Crippen LogP contribution in [-0.2, 0) is 10.5 Å². The molecule has 0 unspecified atom stereocenters. The number of hydrogen-bond acceptors (Lipinski definition) is 6. The van der Waals surface area contributed by atoms with E-state index in [-0.39, 0.29) is 17.3 Å². The second-order valence-electron chi connectivity index (χ2n) is 5.21. The molecule has 0 aliphatic rings. The highest BCUT2D eigenvalue weighted by Gasteiger charge is 2.05. The van der Waals surface area contributed by atoms with Gasteiger partial charge in [0.1, 0.15) is 5.75 Å². The number of non-ortho nitro benzene ring substituents is 1. The fourth-order valence-corrected chi connectivity index (χ4v) is 2.78. The predicted octanol–water partition coefficient (Wildman–Crippen LogP) is 3.38. The van der Waals surface area contributed by atoms with E-state index in [4.69, 9.17) is 4.74 Å². The number of benzene rings is 2. The third-order valence-electron chi connectivity index (χ3n) is 3.24. The van der Waals surface area contributed by atoms with Gasteiger partial charge in [-0.15, -0.1) is 11.8 Å². The molecule has 0 radical (unpaired) electrons. The molecule has 7 nitrogen and oxygen atoms in total. The van der Waals surface area contributed by atoms with E-state index in [2.05, 4.69) is 10.5 Å². The molecule has 2 aromatic carbocycles. The normalized spacial score (nSPS) is 10.7. The molecule has 0 aliphatic heterocycles. The van der Waals surface area contributed by atoms with Gasteiger partial charge in [0, 0.05) is 17.9 Å². The summed E-state index contributed by atoms with van der Waals surface area (Å²) in [6, 6.07) is 13.7. The van der Waals surface area contributed by atoms with Crippen molar-refractivity contribution in [1.29, 1.82) is 0 Å². The van der Waals surface area contributed by atoms with Gasteiger partial charge in [-0.2, -0.15) is 5.10 Å². The van der Waals surface area contributed by atoms with Crippen LogP contribution in [0.4, 0.5) is 5.69 Å². The first kappa shape index (κ1) is 19.5.